The Morgan fingerprint density at radius 2 is 1.95 bits per heavy atom. The fourth-order valence-electron chi connectivity index (χ4n) is 2.60. The van der Waals surface area contributed by atoms with Crippen LogP contribution in [0.15, 0.2) is 24.3 Å². The smallest absolute Gasteiger partial charge is 0.209 e. The van der Waals surface area contributed by atoms with E-state index in [1.165, 1.54) is 0 Å². The van der Waals surface area contributed by atoms with E-state index >= 15 is 0 Å². The van der Waals surface area contributed by atoms with Crippen molar-refractivity contribution in [1.82, 2.24) is 4.72 Å². The molecule has 0 radical (unpaired) electrons. The molecular formula is C13H16ClNO3S. The van der Waals surface area contributed by atoms with Crippen LogP contribution in [0.3, 0.4) is 0 Å². The standard InChI is InChI=1S/C13H16ClNO3S/c1-19(17,18)15-13(9-5-4-8-12(13)16)10-6-2-3-7-11(10)14/h2-3,6-7,15H,4-5,8-9H2,1H3. The summed E-state index contributed by atoms with van der Waals surface area (Å²) in [6, 6.07) is 6.90. The fraction of sp³-hybridized carbons (Fsp3) is 0.462. The Morgan fingerprint density at radius 1 is 1.26 bits per heavy atom. The van der Waals surface area contributed by atoms with Gasteiger partial charge in [-0.3, -0.25) is 4.79 Å². The van der Waals surface area contributed by atoms with Crippen molar-refractivity contribution in [1.29, 1.82) is 0 Å². The van der Waals surface area contributed by atoms with Crippen LogP contribution in [-0.4, -0.2) is 20.5 Å². The summed E-state index contributed by atoms with van der Waals surface area (Å²) in [6.07, 6.45) is 3.46. The van der Waals surface area contributed by atoms with E-state index in [2.05, 4.69) is 4.72 Å². The molecule has 1 atom stereocenters. The highest BCUT2D eigenvalue weighted by Crippen LogP contribution is 2.38. The molecule has 0 amide bonds. The summed E-state index contributed by atoms with van der Waals surface area (Å²) in [6.45, 7) is 0. The van der Waals surface area contributed by atoms with Gasteiger partial charge in [0.15, 0.2) is 5.78 Å². The molecule has 0 bridgehead atoms. The van der Waals surface area contributed by atoms with Crippen molar-refractivity contribution < 1.29 is 13.2 Å². The van der Waals surface area contributed by atoms with Gasteiger partial charge in [0.25, 0.3) is 0 Å². The van der Waals surface area contributed by atoms with E-state index in [1.807, 2.05) is 0 Å². The predicted molar refractivity (Wildman–Crippen MR) is 74.6 cm³/mol. The molecule has 1 aromatic rings. The monoisotopic (exact) mass is 301 g/mol. The van der Waals surface area contributed by atoms with Crippen LogP contribution in [0.4, 0.5) is 0 Å². The molecule has 104 valence electrons. The van der Waals surface area contributed by atoms with Crippen molar-refractivity contribution in [2.75, 3.05) is 6.26 Å². The van der Waals surface area contributed by atoms with E-state index in [9.17, 15) is 13.2 Å². The third kappa shape index (κ3) is 2.99. The summed E-state index contributed by atoms with van der Waals surface area (Å²) >= 11 is 6.15. The molecule has 2 rings (SSSR count). The van der Waals surface area contributed by atoms with Gasteiger partial charge in [0.1, 0.15) is 5.54 Å². The summed E-state index contributed by atoms with van der Waals surface area (Å²) in [7, 11) is -3.51. The van der Waals surface area contributed by atoms with E-state index in [0.717, 1.165) is 19.1 Å². The number of sulfonamides is 1. The Balaban J connectivity index is 2.57. The van der Waals surface area contributed by atoms with E-state index in [-0.39, 0.29) is 5.78 Å². The second-order valence-corrected chi connectivity index (χ2v) is 7.05. The van der Waals surface area contributed by atoms with Gasteiger partial charge in [-0.2, -0.15) is 4.72 Å². The van der Waals surface area contributed by atoms with Crippen LogP contribution >= 0.6 is 11.6 Å². The summed E-state index contributed by atoms with van der Waals surface area (Å²) < 4.78 is 25.8. The molecular weight excluding hydrogens is 286 g/mol. The molecule has 1 aliphatic rings. The fourth-order valence-corrected chi connectivity index (χ4v) is 3.86. The van der Waals surface area contributed by atoms with E-state index in [4.69, 9.17) is 11.6 Å². The first kappa shape index (κ1) is 14.5. The normalized spacial score (nSPS) is 24.4. The molecule has 1 unspecified atom stereocenters. The minimum Gasteiger partial charge on any atom is -0.297 e. The van der Waals surface area contributed by atoms with Gasteiger partial charge in [-0.15, -0.1) is 0 Å². The lowest BCUT2D eigenvalue weighted by Gasteiger charge is -2.36. The molecule has 0 aromatic heterocycles. The lowest BCUT2D eigenvalue weighted by atomic mass is 9.76. The maximum atomic E-state index is 12.4. The highest BCUT2D eigenvalue weighted by molar-refractivity contribution is 7.88. The van der Waals surface area contributed by atoms with E-state index < -0.39 is 15.6 Å². The van der Waals surface area contributed by atoms with Gasteiger partial charge < -0.3 is 0 Å². The Morgan fingerprint density at radius 3 is 2.53 bits per heavy atom. The zero-order valence-corrected chi connectivity index (χ0v) is 12.2. The average Bonchev–Trinajstić information content (AvgIpc) is 2.31. The van der Waals surface area contributed by atoms with E-state index in [1.54, 1.807) is 24.3 Å². The first-order valence-electron chi connectivity index (χ1n) is 6.12. The number of benzene rings is 1. The van der Waals surface area contributed by atoms with Crippen LogP contribution in [0.25, 0.3) is 0 Å². The quantitative estimate of drug-likeness (QED) is 0.931. The molecule has 1 aromatic carbocycles. The van der Waals surface area contributed by atoms with Gasteiger partial charge in [0, 0.05) is 11.4 Å². The van der Waals surface area contributed by atoms with Crippen molar-refractivity contribution in [3.05, 3.63) is 34.9 Å². The minimum absolute atomic E-state index is 0.114. The Hall–Kier alpha value is -0.910. The van der Waals surface area contributed by atoms with Crippen LogP contribution in [0.5, 0.6) is 0 Å². The predicted octanol–water partition coefficient (Wildman–Crippen LogP) is 2.23. The van der Waals surface area contributed by atoms with Gasteiger partial charge in [-0.25, -0.2) is 8.42 Å². The van der Waals surface area contributed by atoms with Gasteiger partial charge in [0.2, 0.25) is 10.0 Å². The third-order valence-electron chi connectivity index (χ3n) is 3.37. The van der Waals surface area contributed by atoms with Gasteiger partial charge in [-0.05, 0) is 24.5 Å². The molecule has 1 saturated carbocycles. The number of halogens is 1. The second-order valence-electron chi connectivity index (χ2n) is 4.89. The van der Waals surface area contributed by atoms with Crippen molar-refractivity contribution in [2.24, 2.45) is 0 Å². The van der Waals surface area contributed by atoms with Crippen molar-refractivity contribution in [3.63, 3.8) is 0 Å². The van der Waals surface area contributed by atoms with Crippen molar-refractivity contribution >= 4 is 27.4 Å². The maximum absolute atomic E-state index is 12.4. The highest BCUT2D eigenvalue weighted by Gasteiger charge is 2.44. The topological polar surface area (TPSA) is 63.2 Å². The molecule has 1 fully saturated rings. The van der Waals surface area contributed by atoms with Crippen LogP contribution in [0, 0.1) is 0 Å². The minimum atomic E-state index is -3.51. The SMILES string of the molecule is CS(=O)(=O)NC1(c2ccccc2Cl)CCCCC1=O. The molecule has 0 saturated heterocycles. The zero-order valence-electron chi connectivity index (χ0n) is 10.6. The molecule has 1 aliphatic carbocycles. The Bertz CT molecular complexity index is 600. The number of ketones is 1. The van der Waals surface area contributed by atoms with Crippen molar-refractivity contribution in [2.45, 2.75) is 31.2 Å². The molecule has 19 heavy (non-hydrogen) atoms. The number of rotatable bonds is 3. The van der Waals surface area contributed by atoms with Crippen LogP contribution in [0.2, 0.25) is 5.02 Å². The summed E-state index contributed by atoms with van der Waals surface area (Å²) in [5.41, 5.74) is -0.656. The summed E-state index contributed by atoms with van der Waals surface area (Å²) in [5.74, 6) is -0.114. The first-order valence-corrected chi connectivity index (χ1v) is 8.39. The largest absolute Gasteiger partial charge is 0.297 e. The van der Waals surface area contributed by atoms with Crippen LogP contribution < -0.4 is 4.72 Å². The van der Waals surface area contributed by atoms with Crippen LogP contribution in [0.1, 0.15) is 31.2 Å². The number of nitrogens with one attached hydrogen (secondary N) is 1. The van der Waals surface area contributed by atoms with Gasteiger partial charge in [-0.1, -0.05) is 36.2 Å². The number of carbonyl (C=O) groups excluding carboxylic acids is 1. The molecule has 1 N–H and O–H groups in total. The van der Waals surface area contributed by atoms with Gasteiger partial charge in [0.05, 0.1) is 6.26 Å². The van der Waals surface area contributed by atoms with E-state index in [0.29, 0.717) is 23.4 Å². The summed E-state index contributed by atoms with van der Waals surface area (Å²) in [4.78, 5) is 12.4. The lowest BCUT2D eigenvalue weighted by molar-refractivity contribution is -0.127. The maximum Gasteiger partial charge on any atom is 0.209 e. The lowest BCUT2D eigenvalue weighted by Crippen LogP contribution is -2.53. The third-order valence-corrected chi connectivity index (χ3v) is 4.42. The second kappa shape index (κ2) is 5.23. The average molecular weight is 302 g/mol. The number of hydrogen-bond acceptors (Lipinski definition) is 3. The number of carbonyl (C=O) groups is 1. The molecule has 6 heteroatoms. The molecule has 0 spiro atoms. The molecule has 0 aliphatic heterocycles. The number of Topliss-reactive ketones (excluding diaryl/α,β-unsaturated/α-hetero) is 1. The summed E-state index contributed by atoms with van der Waals surface area (Å²) in [5, 5.41) is 0.411. The highest BCUT2D eigenvalue weighted by atomic mass is 35.5. The first-order chi connectivity index (χ1) is 8.85. The molecule has 4 nitrogen and oxygen atoms in total. The Kier molecular flexibility index (Phi) is 3.99. The molecule has 0 heterocycles. The van der Waals surface area contributed by atoms with Crippen LogP contribution in [-0.2, 0) is 20.4 Å². The van der Waals surface area contributed by atoms with Gasteiger partial charge >= 0.3 is 0 Å². The van der Waals surface area contributed by atoms with Crippen molar-refractivity contribution in [3.8, 4) is 0 Å². The zero-order chi connectivity index (χ0) is 14.1. The number of hydrogen-bond donors (Lipinski definition) is 1. The Labute approximate surface area is 118 Å².